The van der Waals surface area contributed by atoms with Crippen LogP contribution in [-0.2, 0) is 9.53 Å². The fraction of sp³-hybridized carbons (Fsp3) is 0.318. The average Bonchev–Trinajstić information content (AvgIpc) is 2.72. The molecule has 3 atom stereocenters. The Bertz CT molecular complexity index is 883. The molecule has 29 heavy (non-hydrogen) atoms. The molecule has 1 heterocycles. The Morgan fingerprint density at radius 2 is 1.97 bits per heavy atom. The molecular weight excluding hydrogens is 390 g/mol. The lowest BCUT2D eigenvalue weighted by Gasteiger charge is -2.33. The van der Waals surface area contributed by atoms with Gasteiger partial charge in [0.25, 0.3) is 0 Å². The molecule has 2 aromatic carbocycles. The first-order valence-electron chi connectivity index (χ1n) is 9.43. The lowest BCUT2D eigenvalue weighted by atomic mass is 9.84. The maximum atomic E-state index is 12.2. The van der Waals surface area contributed by atoms with Crippen molar-refractivity contribution in [3.8, 4) is 5.75 Å². The molecular formula is C22H23NO5S. The van der Waals surface area contributed by atoms with Gasteiger partial charge in [-0.05, 0) is 36.2 Å². The van der Waals surface area contributed by atoms with Crippen molar-refractivity contribution in [2.24, 2.45) is 0 Å². The molecule has 0 saturated carbocycles. The summed E-state index contributed by atoms with van der Waals surface area (Å²) >= 11 is 1.46. The topological polar surface area (TPSA) is 78.7 Å². The molecule has 0 aliphatic carbocycles. The molecule has 2 aromatic rings. The molecule has 0 radical (unpaired) electrons. The summed E-state index contributed by atoms with van der Waals surface area (Å²) in [6.45, 7) is 5.99. The molecule has 0 fully saturated rings. The molecule has 0 aromatic heterocycles. The van der Waals surface area contributed by atoms with Crippen molar-refractivity contribution < 1.29 is 19.2 Å². The Hall–Kier alpha value is -2.80. The second-order valence-corrected chi connectivity index (χ2v) is 7.82. The number of thioether (sulfide) groups is 1. The molecule has 0 amide bonds. The van der Waals surface area contributed by atoms with E-state index in [1.165, 1.54) is 11.8 Å². The van der Waals surface area contributed by atoms with Crippen LogP contribution in [0.25, 0.3) is 0 Å². The predicted octanol–water partition coefficient (Wildman–Crippen LogP) is 4.78. The SMILES string of the molecule is C=CCOc1ccc([C@H]2Sc3ccccc3[C@H](CC(=O)OCC)[C@@H]2[N+](=O)[O-])cc1. The minimum absolute atomic E-state index is 0.0198. The van der Waals surface area contributed by atoms with Crippen molar-refractivity contribution in [2.75, 3.05) is 13.2 Å². The summed E-state index contributed by atoms with van der Waals surface area (Å²) in [6.07, 6.45) is 1.64. The first kappa shape index (κ1) is 20.9. The van der Waals surface area contributed by atoms with Crippen LogP contribution in [0.15, 0.2) is 66.1 Å². The van der Waals surface area contributed by atoms with Crippen LogP contribution in [0.3, 0.4) is 0 Å². The van der Waals surface area contributed by atoms with E-state index >= 15 is 0 Å². The number of nitrogens with zero attached hydrogens (tertiary/aromatic N) is 1. The third kappa shape index (κ3) is 4.79. The van der Waals surface area contributed by atoms with E-state index in [0.29, 0.717) is 12.4 Å². The largest absolute Gasteiger partial charge is 0.490 e. The third-order valence-corrected chi connectivity index (χ3v) is 6.24. The molecule has 0 unspecified atom stereocenters. The zero-order valence-electron chi connectivity index (χ0n) is 16.2. The van der Waals surface area contributed by atoms with Crippen LogP contribution < -0.4 is 4.74 Å². The van der Waals surface area contributed by atoms with Crippen molar-refractivity contribution in [3.05, 3.63) is 82.4 Å². The number of hydrogen-bond donors (Lipinski definition) is 0. The number of carbonyl (C=O) groups excluding carboxylic acids is 1. The van der Waals surface area contributed by atoms with E-state index in [0.717, 1.165) is 16.0 Å². The van der Waals surface area contributed by atoms with Crippen LogP contribution >= 0.6 is 11.8 Å². The zero-order chi connectivity index (χ0) is 20.8. The molecule has 1 aliphatic heterocycles. The predicted molar refractivity (Wildman–Crippen MR) is 112 cm³/mol. The fourth-order valence-electron chi connectivity index (χ4n) is 3.56. The molecule has 1 aliphatic rings. The summed E-state index contributed by atoms with van der Waals surface area (Å²) in [4.78, 5) is 25.0. The van der Waals surface area contributed by atoms with Gasteiger partial charge < -0.3 is 9.47 Å². The van der Waals surface area contributed by atoms with Gasteiger partial charge in [-0.2, -0.15) is 0 Å². The highest BCUT2D eigenvalue weighted by Crippen LogP contribution is 2.52. The lowest BCUT2D eigenvalue weighted by Crippen LogP contribution is -2.37. The standard InChI is InChI=1S/C22H23NO5S/c1-3-13-28-16-11-9-15(10-12-16)22-21(23(25)26)18(14-20(24)27-4-2)17-7-5-6-8-19(17)29-22/h3,5-12,18,21-22H,1,4,13-14H2,2H3/t18-,21-,22+/m0/s1. The molecule has 7 heteroatoms. The van der Waals surface area contributed by atoms with Gasteiger partial charge in [0, 0.05) is 9.82 Å². The second-order valence-electron chi connectivity index (χ2n) is 6.64. The minimum Gasteiger partial charge on any atom is -0.490 e. The van der Waals surface area contributed by atoms with Gasteiger partial charge in [-0.25, -0.2) is 0 Å². The van der Waals surface area contributed by atoms with E-state index in [1.54, 1.807) is 25.1 Å². The van der Waals surface area contributed by atoms with Crippen LogP contribution in [0.2, 0.25) is 0 Å². The molecule has 6 nitrogen and oxygen atoms in total. The normalized spacial score (nSPS) is 20.4. The van der Waals surface area contributed by atoms with Crippen molar-refractivity contribution >= 4 is 17.7 Å². The van der Waals surface area contributed by atoms with Crippen molar-refractivity contribution in [2.45, 2.75) is 35.4 Å². The van der Waals surface area contributed by atoms with Crippen LogP contribution in [0.4, 0.5) is 0 Å². The molecule has 3 rings (SSSR count). The van der Waals surface area contributed by atoms with E-state index in [-0.39, 0.29) is 18.0 Å². The number of esters is 1. The Balaban J connectivity index is 1.97. The summed E-state index contributed by atoms with van der Waals surface area (Å²) in [6, 6.07) is 13.9. The molecule has 0 bridgehead atoms. The van der Waals surface area contributed by atoms with Gasteiger partial charge in [0.05, 0.1) is 18.9 Å². The Morgan fingerprint density at radius 1 is 1.24 bits per heavy atom. The number of nitro groups is 1. The van der Waals surface area contributed by atoms with Crippen LogP contribution in [0.5, 0.6) is 5.75 Å². The monoisotopic (exact) mass is 413 g/mol. The van der Waals surface area contributed by atoms with Crippen LogP contribution in [0.1, 0.15) is 35.6 Å². The van der Waals surface area contributed by atoms with Gasteiger partial charge in [0.2, 0.25) is 6.04 Å². The maximum Gasteiger partial charge on any atom is 0.306 e. The number of hydrogen-bond acceptors (Lipinski definition) is 6. The van der Waals surface area contributed by atoms with Crippen molar-refractivity contribution in [1.82, 2.24) is 0 Å². The van der Waals surface area contributed by atoms with Gasteiger partial charge in [0.1, 0.15) is 17.6 Å². The van der Waals surface area contributed by atoms with Crippen molar-refractivity contribution in [1.29, 1.82) is 0 Å². The second kappa shape index (κ2) is 9.60. The summed E-state index contributed by atoms with van der Waals surface area (Å²) in [5, 5.41) is 11.7. The molecule has 152 valence electrons. The zero-order valence-corrected chi connectivity index (χ0v) is 17.0. The smallest absolute Gasteiger partial charge is 0.306 e. The van der Waals surface area contributed by atoms with E-state index in [2.05, 4.69) is 6.58 Å². The summed E-state index contributed by atoms with van der Waals surface area (Å²) < 4.78 is 10.6. The lowest BCUT2D eigenvalue weighted by molar-refractivity contribution is -0.527. The van der Waals surface area contributed by atoms with Crippen molar-refractivity contribution in [3.63, 3.8) is 0 Å². The Kier molecular flexibility index (Phi) is 6.93. The van der Waals surface area contributed by atoms with E-state index in [1.807, 2.05) is 36.4 Å². The highest BCUT2D eigenvalue weighted by atomic mass is 32.2. The Morgan fingerprint density at radius 3 is 2.62 bits per heavy atom. The van der Waals surface area contributed by atoms with Gasteiger partial charge in [0.15, 0.2) is 0 Å². The molecule has 0 spiro atoms. The quantitative estimate of drug-likeness (QED) is 0.268. The summed E-state index contributed by atoms with van der Waals surface area (Å²) in [5.74, 6) is -0.295. The van der Waals surface area contributed by atoms with Gasteiger partial charge in [-0.3, -0.25) is 14.9 Å². The molecule has 0 saturated heterocycles. The van der Waals surface area contributed by atoms with Crippen LogP contribution in [-0.4, -0.2) is 30.1 Å². The summed E-state index contributed by atoms with van der Waals surface area (Å²) in [7, 11) is 0. The Labute approximate surface area is 174 Å². The number of rotatable bonds is 8. The minimum atomic E-state index is -0.945. The molecule has 0 N–H and O–H groups in total. The number of fused-ring (bicyclic) bond motifs is 1. The number of benzene rings is 2. The highest BCUT2D eigenvalue weighted by Gasteiger charge is 2.47. The first-order valence-corrected chi connectivity index (χ1v) is 10.3. The number of ether oxygens (including phenoxy) is 2. The van der Waals surface area contributed by atoms with Gasteiger partial charge in [-0.15, -0.1) is 11.8 Å². The van der Waals surface area contributed by atoms with Gasteiger partial charge in [-0.1, -0.05) is 43.0 Å². The first-order chi connectivity index (χ1) is 14.0. The summed E-state index contributed by atoms with van der Waals surface area (Å²) in [5.41, 5.74) is 1.65. The van der Waals surface area contributed by atoms with E-state index in [4.69, 9.17) is 9.47 Å². The highest BCUT2D eigenvalue weighted by molar-refractivity contribution is 7.99. The fourth-order valence-corrected chi connectivity index (χ4v) is 5.07. The maximum absolute atomic E-state index is 12.2. The van der Waals surface area contributed by atoms with E-state index in [9.17, 15) is 14.9 Å². The average molecular weight is 413 g/mol. The number of carbonyl (C=O) groups is 1. The van der Waals surface area contributed by atoms with Crippen LogP contribution in [0, 0.1) is 10.1 Å². The van der Waals surface area contributed by atoms with Gasteiger partial charge >= 0.3 is 5.97 Å². The third-order valence-electron chi connectivity index (χ3n) is 4.81. The van der Waals surface area contributed by atoms with E-state index < -0.39 is 23.2 Å².